The van der Waals surface area contributed by atoms with Crippen molar-refractivity contribution in [3.63, 3.8) is 0 Å². The minimum Gasteiger partial charge on any atom is -0.492 e. The van der Waals surface area contributed by atoms with Gasteiger partial charge in [-0.1, -0.05) is 25.0 Å². The molecule has 0 radical (unpaired) electrons. The molecule has 1 amide bonds. The summed E-state index contributed by atoms with van der Waals surface area (Å²) in [6, 6.07) is 8.01. The third kappa shape index (κ3) is 5.21. The Morgan fingerprint density at radius 2 is 2.04 bits per heavy atom. The van der Waals surface area contributed by atoms with Crippen molar-refractivity contribution < 1.29 is 14.3 Å². The van der Waals surface area contributed by atoms with E-state index in [2.05, 4.69) is 10.2 Å². The summed E-state index contributed by atoms with van der Waals surface area (Å²) >= 11 is 0. The van der Waals surface area contributed by atoms with E-state index in [9.17, 15) is 4.79 Å². The molecule has 1 heterocycles. The summed E-state index contributed by atoms with van der Waals surface area (Å²) in [4.78, 5) is 14.4. The van der Waals surface area contributed by atoms with Crippen molar-refractivity contribution in [2.75, 3.05) is 39.5 Å². The van der Waals surface area contributed by atoms with E-state index in [1.807, 2.05) is 24.3 Å². The summed E-state index contributed by atoms with van der Waals surface area (Å²) in [5, 5.41) is 3.06. The van der Waals surface area contributed by atoms with Gasteiger partial charge in [0.2, 0.25) is 5.91 Å². The molecule has 1 N–H and O–H groups in total. The Kier molecular flexibility index (Phi) is 6.49. The first-order chi connectivity index (χ1) is 11.8. The average molecular weight is 332 g/mol. The highest BCUT2D eigenvalue weighted by molar-refractivity contribution is 5.78. The van der Waals surface area contributed by atoms with Crippen LogP contribution in [0.25, 0.3) is 0 Å². The molecule has 1 saturated carbocycles. The van der Waals surface area contributed by atoms with Gasteiger partial charge < -0.3 is 14.8 Å². The summed E-state index contributed by atoms with van der Waals surface area (Å²) < 4.78 is 11.2. The number of hydrogen-bond donors (Lipinski definition) is 1. The third-order valence-corrected chi connectivity index (χ3v) is 4.87. The van der Waals surface area contributed by atoms with E-state index in [1.165, 1.54) is 12.8 Å². The van der Waals surface area contributed by atoms with Crippen molar-refractivity contribution >= 4 is 5.91 Å². The first-order valence-electron chi connectivity index (χ1n) is 9.11. The van der Waals surface area contributed by atoms with Gasteiger partial charge in [-0.15, -0.1) is 0 Å². The zero-order valence-corrected chi connectivity index (χ0v) is 14.3. The third-order valence-electron chi connectivity index (χ3n) is 4.87. The lowest BCUT2D eigenvalue weighted by atomic mass is 10.1. The summed E-state index contributed by atoms with van der Waals surface area (Å²) in [5.41, 5.74) is 1.09. The smallest absolute Gasteiger partial charge is 0.223 e. The Hall–Kier alpha value is -1.59. The van der Waals surface area contributed by atoms with Crippen LogP contribution in [0.15, 0.2) is 24.3 Å². The van der Waals surface area contributed by atoms with Crippen molar-refractivity contribution in [2.24, 2.45) is 5.92 Å². The zero-order valence-electron chi connectivity index (χ0n) is 14.3. The minimum atomic E-state index is 0.200. The van der Waals surface area contributed by atoms with Gasteiger partial charge in [0.05, 0.1) is 13.2 Å². The second-order valence-electron chi connectivity index (χ2n) is 6.65. The van der Waals surface area contributed by atoms with Crippen molar-refractivity contribution in [3.05, 3.63) is 29.8 Å². The molecular weight excluding hydrogens is 304 g/mol. The van der Waals surface area contributed by atoms with Crippen LogP contribution in [0.4, 0.5) is 0 Å². The highest BCUT2D eigenvalue weighted by atomic mass is 16.5. The van der Waals surface area contributed by atoms with E-state index in [1.54, 1.807) is 0 Å². The molecular formula is C19H28N2O3. The number of nitrogens with one attached hydrogen (secondary N) is 1. The van der Waals surface area contributed by atoms with Gasteiger partial charge in [-0.05, 0) is 30.5 Å². The van der Waals surface area contributed by atoms with Crippen LogP contribution < -0.4 is 10.1 Å². The van der Waals surface area contributed by atoms with Gasteiger partial charge in [-0.25, -0.2) is 0 Å². The van der Waals surface area contributed by atoms with Crippen LogP contribution in [0.1, 0.15) is 31.2 Å². The monoisotopic (exact) mass is 332 g/mol. The van der Waals surface area contributed by atoms with Gasteiger partial charge in [-0.3, -0.25) is 9.69 Å². The molecule has 0 bridgehead atoms. The fourth-order valence-electron chi connectivity index (χ4n) is 3.38. The second kappa shape index (κ2) is 9.04. The maximum Gasteiger partial charge on any atom is 0.223 e. The molecule has 1 aromatic rings. The van der Waals surface area contributed by atoms with E-state index >= 15 is 0 Å². The van der Waals surface area contributed by atoms with Crippen LogP contribution in [-0.4, -0.2) is 50.3 Å². The summed E-state index contributed by atoms with van der Waals surface area (Å²) in [6.07, 6.45) is 4.45. The number of hydrogen-bond acceptors (Lipinski definition) is 4. The van der Waals surface area contributed by atoms with E-state index in [4.69, 9.17) is 9.47 Å². The maximum absolute atomic E-state index is 12.1. The van der Waals surface area contributed by atoms with Crippen LogP contribution in [0.2, 0.25) is 0 Å². The summed E-state index contributed by atoms with van der Waals surface area (Å²) in [6.45, 7) is 5.78. The Morgan fingerprint density at radius 3 is 2.83 bits per heavy atom. The van der Waals surface area contributed by atoms with E-state index in [0.717, 1.165) is 57.0 Å². The highest BCUT2D eigenvalue weighted by Gasteiger charge is 2.22. The Bertz CT molecular complexity index is 523. The molecule has 1 aliphatic heterocycles. The normalized spacial score (nSPS) is 19.3. The lowest BCUT2D eigenvalue weighted by Gasteiger charge is -2.26. The van der Waals surface area contributed by atoms with E-state index in [0.29, 0.717) is 13.2 Å². The summed E-state index contributed by atoms with van der Waals surface area (Å²) in [5.74, 6) is 1.29. The molecule has 1 saturated heterocycles. The fourth-order valence-corrected chi connectivity index (χ4v) is 3.38. The Labute approximate surface area is 144 Å². The Balaban J connectivity index is 1.40. The van der Waals surface area contributed by atoms with Crippen LogP contribution >= 0.6 is 0 Å². The highest BCUT2D eigenvalue weighted by Crippen LogP contribution is 2.24. The lowest BCUT2D eigenvalue weighted by molar-refractivity contribution is -0.124. The van der Waals surface area contributed by atoms with Crippen LogP contribution in [0, 0.1) is 5.92 Å². The molecule has 2 aliphatic rings. The molecule has 3 rings (SSSR count). The summed E-state index contributed by atoms with van der Waals surface area (Å²) in [7, 11) is 0. The standard InChI is InChI=1S/C19H28N2O3/c22-19(17-5-1-2-6-17)20-15-16-4-3-7-18(14-16)24-13-10-21-8-11-23-12-9-21/h3-4,7,14,17H,1-2,5-6,8-13,15H2,(H,20,22). The maximum atomic E-state index is 12.1. The lowest BCUT2D eigenvalue weighted by Crippen LogP contribution is -2.38. The van der Waals surface area contributed by atoms with Crippen molar-refractivity contribution in [1.82, 2.24) is 10.2 Å². The first-order valence-corrected chi connectivity index (χ1v) is 9.11. The van der Waals surface area contributed by atoms with Crippen LogP contribution in [-0.2, 0) is 16.1 Å². The molecule has 0 unspecified atom stereocenters. The van der Waals surface area contributed by atoms with E-state index < -0.39 is 0 Å². The number of morpholine rings is 1. The number of carbonyl (C=O) groups is 1. The van der Waals surface area contributed by atoms with Crippen molar-refractivity contribution in [1.29, 1.82) is 0 Å². The molecule has 0 aromatic heterocycles. The topological polar surface area (TPSA) is 50.8 Å². The van der Waals surface area contributed by atoms with Crippen LogP contribution in [0.5, 0.6) is 5.75 Å². The van der Waals surface area contributed by atoms with E-state index in [-0.39, 0.29) is 11.8 Å². The molecule has 1 aliphatic carbocycles. The predicted molar refractivity (Wildman–Crippen MR) is 93.0 cm³/mol. The second-order valence-corrected chi connectivity index (χ2v) is 6.65. The molecule has 2 fully saturated rings. The number of nitrogens with zero attached hydrogens (tertiary/aromatic N) is 1. The molecule has 0 atom stereocenters. The van der Waals surface area contributed by atoms with Gasteiger partial charge in [0.25, 0.3) is 0 Å². The molecule has 0 spiro atoms. The number of carbonyl (C=O) groups excluding carboxylic acids is 1. The van der Waals surface area contributed by atoms with Gasteiger partial charge in [-0.2, -0.15) is 0 Å². The van der Waals surface area contributed by atoms with Crippen molar-refractivity contribution in [3.8, 4) is 5.75 Å². The SMILES string of the molecule is O=C(NCc1cccc(OCCN2CCOCC2)c1)C1CCCC1. The van der Waals surface area contributed by atoms with Gasteiger partial charge >= 0.3 is 0 Å². The molecule has 5 heteroatoms. The molecule has 24 heavy (non-hydrogen) atoms. The largest absolute Gasteiger partial charge is 0.492 e. The Morgan fingerprint density at radius 1 is 1.25 bits per heavy atom. The number of ether oxygens (including phenoxy) is 2. The molecule has 132 valence electrons. The minimum absolute atomic E-state index is 0.200. The molecule has 1 aromatic carbocycles. The van der Waals surface area contributed by atoms with Gasteiger partial charge in [0.1, 0.15) is 12.4 Å². The number of rotatable bonds is 7. The van der Waals surface area contributed by atoms with Gasteiger partial charge in [0, 0.05) is 32.1 Å². The first kappa shape index (κ1) is 17.2. The van der Waals surface area contributed by atoms with Crippen molar-refractivity contribution in [2.45, 2.75) is 32.2 Å². The average Bonchev–Trinajstić information content (AvgIpc) is 3.16. The number of amides is 1. The number of benzene rings is 1. The zero-order chi connectivity index (χ0) is 16.6. The predicted octanol–water partition coefficient (Wildman–Crippen LogP) is 2.20. The quantitative estimate of drug-likeness (QED) is 0.832. The van der Waals surface area contributed by atoms with Crippen LogP contribution in [0.3, 0.4) is 0 Å². The fraction of sp³-hybridized carbons (Fsp3) is 0.632. The molecule has 5 nitrogen and oxygen atoms in total. The van der Waals surface area contributed by atoms with Gasteiger partial charge in [0.15, 0.2) is 0 Å².